The highest BCUT2D eigenvalue weighted by atomic mass is 19.4. The molecule has 35 heavy (non-hydrogen) atoms. The maximum Gasteiger partial charge on any atom is 0.416 e. The molecule has 2 aliphatic rings. The van der Waals surface area contributed by atoms with Crippen LogP contribution in [-0.2, 0) is 15.7 Å². The molecule has 10 heteroatoms. The van der Waals surface area contributed by atoms with Crippen molar-refractivity contribution in [1.82, 2.24) is 19.8 Å². The molecule has 192 valence electrons. The predicted molar refractivity (Wildman–Crippen MR) is 128 cm³/mol. The summed E-state index contributed by atoms with van der Waals surface area (Å²) in [6.45, 7) is 5.56. The van der Waals surface area contributed by atoms with Crippen LogP contribution in [0.4, 0.5) is 19.0 Å². The van der Waals surface area contributed by atoms with Crippen molar-refractivity contribution >= 4 is 22.6 Å². The molecular formula is C25H34F3N5O2. The number of hydrogen-bond donors (Lipinski definition) is 1. The fraction of sp³-hybridized carbons (Fsp3) is 0.640. The van der Waals surface area contributed by atoms with Crippen molar-refractivity contribution in [3.05, 3.63) is 30.1 Å². The Bertz CT molecular complexity index is 1050. The second kappa shape index (κ2) is 10.3. The summed E-state index contributed by atoms with van der Waals surface area (Å²) in [7, 11) is 3.84. The summed E-state index contributed by atoms with van der Waals surface area (Å²) < 4.78 is 45.3. The number of carbonyl (C=O) groups is 1. The summed E-state index contributed by atoms with van der Waals surface area (Å²) in [5.74, 6) is 0.444. The molecule has 4 rings (SSSR count). The van der Waals surface area contributed by atoms with Crippen molar-refractivity contribution in [2.24, 2.45) is 5.92 Å². The van der Waals surface area contributed by atoms with Crippen LogP contribution in [0.1, 0.15) is 45.1 Å². The van der Waals surface area contributed by atoms with Gasteiger partial charge in [-0.05, 0) is 64.8 Å². The minimum absolute atomic E-state index is 0.0366. The lowest BCUT2D eigenvalue weighted by atomic mass is 9.80. The third-order valence-electron chi connectivity index (χ3n) is 7.60. The van der Waals surface area contributed by atoms with Gasteiger partial charge in [0, 0.05) is 43.1 Å². The number of rotatable bonds is 7. The first-order valence-electron chi connectivity index (χ1n) is 12.2. The fourth-order valence-corrected chi connectivity index (χ4v) is 5.50. The zero-order valence-electron chi connectivity index (χ0n) is 20.7. The third kappa shape index (κ3) is 5.38. The van der Waals surface area contributed by atoms with Crippen molar-refractivity contribution in [3.8, 4) is 0 Å². The number of ether oxygens (including phenoxy) is 1. The van der Waals surface area contributed by atoms with Gasteiger partial charge in [0.1, 0.15) is 18.2 Å². The van der Waals surface area contributed by atoms with Crippen molar-refractivity contribution in [3.63, 3.8) is 0 Å². The van der Waals surface area contributed by atoms with E-state index in [9.17, 15) is 18.0 Å². The number of amides is 1. The minimum atomic E-state index is -4.47. The average Bonchev–Trinajstić information content (AvgIpc) is 3.17. The number of nitrogens with zero attached hydrogens (tertiary/aromatic N) is 4. The number of hydrogen-bond acceptors (Lipinski definition) is 6. The van der Waals surface area contributed by atoms with Crippen LogP contribution in [0.5, 0.6) is 0 Å². The Morgan fingerprint density at radius 2 is 2.00 bits per heavy atom. The van der Waals surface area contributed by atoms with Gasteiger partial charge in [0.15, 0.2) is 0 Å². The number of halogens is 3. The molecule has 1 unspecified atom stereocenters. The van der Waals surface area contributed by atoms with E-state index in [1.807, 2.05) is 4.90 Å². The number of carbonyl (C=O) groups excluding carboxylic acids is 1. The summed E-state index contributed by atoms with van der Waals surface area (Å²) in [6.07, 6.45) is 0.273. The van der Waals surface area contributed by atoms with E-state index in [-0.39, 0.29) is 29.1 Å². The third-order valence-corrected chi connectivity index (χ3v) is 7.60. The Morgan fingerprint density at radius 1 is 1.23 bits per heavy atom. The van der Waals surface area contributed by atoms with Gasteiger partial charge in [0.25, 0.3) is 0 Å². The number of fused-ring (bicyclic) bond motifs is 1. The van der Waals surface area contributed by atoms with Gasteiger partial charge in [0.05, 0.1) is 17.7 Å². The number of benzene rings is 1. The fourth-order valence-electron chi connectivity index (χ4n) is 5.50. The second-order valence-corrected chi connectivity index (χ2v) is 9.98. The quantitative estimate of drug-likeness (QED) is 0.624. The highest BCUT2D eigenvalue weighted by Crippen LogP contribution is 2.36. The number of nitrogens with one attached hydrogen (secondary N) is 1. The number of aromatic nitrogens is 2. The molecule has 1 aromatic carbocycles. The zero-order valence-corrected chi connectivity index (χ0v) is 20.7. The average molecular weight is 494 g/mol. The second-order valence-electron chi connectivity index (χ2n) is 9.98. The predicted octanol–water partition coefficient (Wildman–Crippen LogP) is 4.19. The van der Waals surface area contributed by atoms with Crippen LogP contribution in [0.25, 0.3) is 10.9 Å². The molecule has 1 saturated heterocycles. The Hall–Kier alpha value is -2.46. The van der Waals surface area contributed by atoms with Gasteiger partial charge in [-0.3, -0.25) is 4.79 Å². The smallest absolute Gasteiger partial charge is 0.384 e. The standard InChI is InChI=1S/C25H34F3N5O2/c1-15(2)32(3)18-6-8-22(16(11-18)13-35-4)33-10-9-21(24(33)34)31-23-19-12-17(25(26,27)28)5-7-20(19)29-14-30-23/h5,7,12,14-16,18,21-22H,6,8-11,13H2,1-4H3,(H,29,30,31)/t16-,18+,21?,22-/m0/s1. The first-order valence-corrected chi connectivity index (χ1v) is 12.2. The van der Waals surface area contributed by atoms with E-state index >= 15 is 0 Å². The Balaban J connectivity index is 1.50. The first kappa shape index (κ1) is 25.6. The SMILES string of the molecule is COC[C@@H]1C[C@H](N(C)C(C)C)CC[C@@H]1N1CCC(Nc2ncnc3ccc(C(F)(F)F)cc23)C1=O. The molecule has 1 amide bonds. The van der Waals surface area contributed by atoms with E-state index in [0.29, 0.717) is 37.2 Å². The Morgan fingerprint density at radius 3 is 2.69 bits per heavy atom. The topological polar surface area (TPSA) is 70.6 Å². The molecular weight excluding hydrogens is 459 g/mol. The molecule has 1 aliphatic heterocycles. The summed E-state index contributed by atoms with van der Waals surface area (Å²) in [5.41, 5.74) is -0.377. The van der Waals surface area contributed by atoms with E-state index in [0.717, 1.165) is 31.4 Å². The molecule has 2 aromatic rings. The van der Waals surface area contributed by atoms with Gasteiger partial charge in [-0.2, -0.15) is 13.2 Å². The lowest BCUT2D eigenvalue weighted by molar-refractivity contribution is -0.137. The molecule has 7 nitrogen and oxygen atoms in total. The van der Waals surface area contributed by atoms with E-state index in [4.69, 9.17) is 4.74 Å². The maximum absolute atomic E-state index is 13.4. The van der Waals surface area contributed by atoms with Crippen molar-refractivity contribution in [2.45, 2.75) is 69.9 Å². The van der Waals surface area contributed by atoms with Crippen molar-refractivity contribution in [1.29, 1.82) is 0 Å². The van der Waals surface area contributed by atoms with Crippen LogP contribution >= 0.6 is 0 Å². The van der Waals surface area contributed by atoms with Gasteiger partial charge in [-0.25, -0.2) is 9.97 Å². The van der Waals surface area contributed by atoms with Gasteiger partial charge in [-0.15, -0.1) is 0 Å². The van der Waals surface area contributed by atoms with E-state index in [2.05, 4.69) is 41.1 Å². The highest BCUT2D eigenvalue weighted by molar-refractivity contribution is 5.93. The number of methoxy groups -OCH3 is 1. The monoisotopic (exact) mass is 493 g/mol. The largest absolute Gasteiger partial charge is 0.416 e. The lowest BCUT2D eigenvalue weighted by Gasteiger charge is -2.44. The molecule has 1 N–H and O–H groups in total. The van der Waals surface area contributed by atoms with E-state index in [1.54, 1.807) is 7.11 Å². The highest BCUT2D eigenvalue weighted by Gasteiger charge is 2.42. The summed E-state index contributed by atoms with van der Waals surface area (Å²) >= 11 is 0. The molecule has 1 aromatic heterocycles. The van der Waals surface area contributed by atoms with Gasteiger partial charge < -0.3 is 19.9 Å². The lowest BCUT2D eigenvalue weighted by Crippen LogP contribution is -2.52. The Kier molecular flexibility index (Phi) is 7.51. The van der Waals surface area contributed by atoms with Crippen LogP contribution < -0.4 is 5.32 Å². The molecule has 1 saturated carbocycles. The van der Waals surface area contributed by atoms with Crippen LogP contribution in [-0.4, -0.2) is 77.2 Å². The molecule has 2 heterocycles. The summed E-state index contributed by atoms with van der Waals surface area (Å²) in [5, 5.41) is 3.37. The van der Waals surface area contributed by atoms with Crippen molar-refractivity contribution in [2.75, 3.05) is 32.6 Å². The number of alkyl halides is 3. The molecule has 1 aliphatic carbocycles. The number of likely N-dealkylation sites (tertiary alicyclic amines) is 1. The van der Waals surface area contributed by atoms with Crippen molar-refractivity contribution < 1.29 is 22.7 Å². The molecule has 0 radical (unpaired) electrons. The van der Waals surface area contributed by atoms with Gasteiger partial charge >= 0.3 is 6.18 Å². The molecule has 4 atom stereocenters. The maximum atomic E-state index is 13.4. The summed E-state index contributed by atoms with van der Waals surface area (Å²) in [6, 6.07) is 3.82. The molecule has 0 bridgehead atoms. The van der Waals surface area contributed by atoms with E-state index < -0.39 is 17.8 Å². The zero-order chi connectivity index (χ0) is 25.3. The Labute approximate surface area is 204 Å². The first-order chi connectivity index (χ1) is 16.6. The number of anilines is 1. The van der Waals surface area contributed by atoms with Crippen LogP contribution in [0.2, 0.25) is 0 Å². The van der Waals surface area contributed by atoms with Crippen LogP contribution in [0, 0.1) is 5.92 Å². The minimum Gasteiger partial charge on any atom is -0.384 e. The van der Waals surface area contributed by atoms with E-state index in [1.165, 1.54) is 12.4 Å². The van der Waals surface area contributed by atoms with Gasteiger partial charge in [0.2, 0.25) is 5.91 Å². The molecule has 2 fully saturated rings. The normalized spacial score (nSPS) is 25.7. The molecule has 0 spiro atoms. The van der Waals surface area contributed by atoms with Crippen LogP contribution in [0.15, 0.2) is 24.5 Å². The van der Waals surface area contributed by atoms with Crippen LogP contribution in [0.3, 0.4) is 0 Å². The van der Waals surface area contributed by atoms with Gasteiger partial charge in [-0.1, -0.05) is 0 Å². The summed E-state index contributed by atoms with van der Waals surface area (Å²) in [4.78, 5) is 26.0.